The van der Waals surface area contributed by atoms with Gasteiger partial charge >= 0.3 is 0 Å². The highest BCUT2D eigenvalue weighted by atomic mass is 15.1. The molecule has 82 valence electrons. The third-order valence-corrected chi connectivity index (χ3v) is 3.68. The highest BCUT2D eigenvalue weighted by Gasteiger charge is 2.30. The van der Waals surface area contributed by atoms with E-state index in [1.807, 2.05) is 6.33 Å². The number of hydrogen-bond donors (Lipinski definition) is 1. The smallest absolute Gasteiger partial charge is 0.0950 e. The average Bonchev–Trinajstić information content (AvgIpc) is 2.96. The Bertz CT molecular complexity index is 340. The summed E-state index contributed by atoms with van der Waals surface area (Å²) < 4.78 is 2.44. The van der Waals surface area contributed by atoms with Gasteiger partial charge in [0, 0.05) is 29.9 Å². The number of aromatic nitrogens is 2. The molecule has 0 amide bonds. The number of rotatable bonds is 2. The van der Waals surface area contributed by atoms with Crippen molar-refractivity contribution in [3.05, 3.63) is 18.2 Å². The maximum atomic E-state index is 4.33. The monoisotopic (exact) mass is 205 g/mol. The second-order valence-corrected chi connectivity index (χ2v) is 5.03. The van der Waals surface area contributed by atoms with E-state index < -0.39 is 0 Å². The zero-order valence-corrected chi connectivity index (χ0v) is 9.32. The molecule has 1 aromatic rings. The number of nitrogens with zero attached hydrogens (tertiary/aromatic N) is 2. The number of hydrogen-bond acceptors (Lipinski definition) is 2. The van der Waals surface area contributed by atoms with Gasteiger partial charge in [0.15, 0.2) is 0 Å². The fraction of sp³-hybridized carbons (Fsp3) is 0.750. The van der Waals surface area contributed by atoms with Gasteiger partial charge in [0.25, 0.3) is 0 Å². The van der Waals surface area contributed by atoms with Gasteiger partial charge in [-0.1, -0.05) is 0 Å². The van der Waals surface area contributed by atoms with E-state index in [4.69, 9.17) is 0 Å². The van der Waals surface area contributed by atoms with Gasteiger partial charge in [0.05, 0.1) is 6.33 Å². The van der Waals surface area contributed by atoms with Gasteiger partial charge in [-0.3, -0.25) is 0 Å². The SMILES string of the molecule is CC1CC(n2cncc2C2CC2)CCN1. The van der Waals surface area contributed by atoms with Crippen LogP contribution in [0.5, 0.6) is 0 Å². The summed E-state index contributed by atoms with van der Waals surface area (Å²) in [5.74, 6) is 0.817. The quantitative estimate of drug-likeness (QED) is 0.801. The van der Waals surface area contributed by atoms with Crippen molar-refractivity contribution in [3.63, 3.8) is 0 Å². The first-order valence-electron chi connectivity index (χ1n) is 6.09. The maximum Gasteiger partial charge on any atom is 0.0950 e. The second kappa shape index (κ2) is 3.63. The van der Waals surface area contributed by atoms with Crippen LogP contribution in [0.2, 0.25) is 0 Å². The van der Waals surface area contributed by atoms with E-state index in [2.05, 4.69) is 28.0 Å². The lowest BCUT2D eigenvalue weighted by Gasteiger charge is -2.30. The fourth-order valence-corrected chi connectivity index (χ4v) is 2.67. The molecule has 2 heterocycles. The zero-order chi connectivity index (χ0) is 10.3. The summed E-state index contributed by atoms with van der Waals surface area (Å²) in [6.45, 7) is 3.42. The van der Waals surface area contributed by atoms with Crippen molar-refractivity contribution < 1.29 is 0 Å². The van der Waals surface area contributed by atoms with E-state index in [1.165, 1.54) is 31.4 Å². The minimum absolute atomic E-state index is 0.651. The minimum atomic E-state index is 0.651. The average molecular weight is 205 g/mol. The van der Waals surface area contributed by atoms with E-state index in [0.717, 1.165) is 12.5 Å². The predicted octanol–water partition coefficient (Wildman–Crippen LogP) is 2.07. The molecule has 2 unspecified atom stereocenters. The van der Waals surface area contributed by atoms with Crippen LogP contribution >= 0.6 is 0 Å². The van der Waals surface area contributed by atoms with Crippen LogP contribution in [0.25, 0.3) is 0 Å². The van der Waals surface area contributed by atoms with Gasteiger partial charge in [0.1, 0.15) is 0 Å². The molecule has 15 heavy (non-hydrogen) atoms. The van der Waals surface area contributed by atoms with Gasteiger partial charge in [0.2, 0.25) is 0 Å². The summed E-state index contributed by atoms with van der Waals surface area (Å²) in [6.07, 6.45) is 9.34. The molecule has 1 N–H and O–H groups in total. The second-order valence-electron chi connectivity index (χ2n) is 5.03. The molecule has 2 atom stereocenters. The summed E-state index contributed by atoms with van der Waals surface area (Å²) in [6, 6.07) is 1.33. The fourth-order valence-electron chi connectivity index (χ4n) is 2.67. The first-order valence-corrected chi connectivity index (χ1v) is 6.09. The Kier molecular flexibility index (Phi) is 2.28. The van der Waals surface area contributed by atoms with E-state index in [0.29, 0.717) is 12.1 Å². The number of nitrogens with one attached hydrogen (secondary N) is 1. The van der Waals surface area contributed by atoms with Gasteiger partial charge in [-0.2, -0.15) is 0 Å². The summed E-state index contributed by atoms with van der Waals surface area (Å²) in [5.41, 5.74) is 1.48. The summed E-state index contributed by atoms with van der Waals surface area (Å²) in [5, 5.41) is 3.50. The maximum absolute atomic E-state index is 4.33. The molecule has 1 saturated carbocycles. The Morgan fingerprint density at radius 1 is 1.40 bits per heavy atom. The Morgan fingerprint density at radius 2 is 2.27 bits per heavy atom. The third-order valence-electron chi connectivity index (χ3n) is 3.68. The predicted molar refractivity (Wildman–Crippen MR) is 59.9 cm³/mol. The summed E-state index contributed by atoms with van der Waals surface area (Å²) >= 11 is 0. The van der Waals surface area contributed by atoms with E-state index >= 15 is 0 Å². The normalized spacial score (nSPS) is 31.8. The van der Waals surface area contributed by atoms with Crippen LogP contribution in [0.1, 0.15) is 50.3 Å². The van der Waals surface area contributed by atoms with E-state index in [9.17, 15) is 0 Å². The molecule has 1 aliphatic heterocycles. The lowest BCUT2D eigenvalue weighted by molar-refractivity contribution is 0.308. The molecule has 1 saturated heterocycles. The van der Waals surface area contributed by atoms with E-state index in [-0.39, 0.29) is 0 Å². The Labute approximate surface area is 90.9 Å². The molecule has 0 spiro atoms. The molecule has 0 bridgehead atoms. The molecular weight excluding hydrogens is 186 g/mol. The summed E-state index contributed by atoms with van der Waals surface area (Å²) in [7, 11) is 0. The van der Waals surface area contributed by atoms with Crippen molar-refractivity contribution in [1.29, 1.82) is 0 Å². The van der Waals surface area contributed by atoms with Crippen molar-refractivity contribution in [2.75, 3.05) is 6.54 Å². The van der Waals surface area contributed by atoms with Crippen LogP contribution in [0, 0.1) is 0 Å². The van der Waals surface area contributed by atoms with Crippen LogP contribution in [-0.4, -0.2) is 22.1 Å². The molecular formula is C12H19N3. The highest BCUT2D eigenvalue weighted by Crippen LogP contribution is 2.41. The number of imidazole rings is 1. The van der Waals surface area contributed by atoms with Crippen molar-refractivity contribution in [2.45, 2.75) is 50.6 Å². The van der Waals surface area contributed by atoms with Gasteiger partial charge < -0.3 is 9.88 Å². The molecule has 0 radical (unpaired) electrons. The van der Waals surface area contributed by atoms with Crippen molar-refractivity contribution in [3.8, 4) is 0 Å². The van der Waals surface area contributed by atoms with Gasteiger partial charge in [-0.25, -0.2) is 4.98 Å². The van der Waals surface area contributed by atoms with Crippen LogP contribution in [0.15, 0.2) is 12.5 Å². The van der Waals surface area contributed by atoms with Crippen LogP contribution in [0.3, 0.4) is 0 Å². The topological polar surface area (TPSA) is 29.9 Å². The molecule has 3 nitrogen and oxygen atoms in total. The first-order chi connectivity index (χ1) is 7.34. The molecule has 2 fully saturated rings. The molecule has 1 aromatic heterocycles. The Hall–Kier alpha value is -0.830. The number of piperidine rings is 1. The zero-order valence-electron chi connectivity index (χ0n) is 9.32. The molecule has 3 heteroatoms. The third kappa shape index (κ3) is 1.81. The first kappa shape index (κ1) is 9.40. The van der Waals surface area contributed by atoms with Crippen LogP contribution < -0.4 is 5.32 Å². The Morgan fingerprint density at radius 3 is 3.00 bits per heavy atom. The standard InChI is InChI=1S/C12H19N3/c1-9-6-11(4-5-14-9)15-8-13-7-12(15)10-2-3-10/h7-11,14H,2-6H2,1H3. The van der Waals surface area contributed by atoms with Gasteiger partial charge in [-0.05, 0) is 39.2 Å². The molecule has 0 aromatic carbocycles. The van der Waals surface area contributed by atoms with Crippen molar-refractivity contribution in [1.82, 2.24) is 14.9 Å². The minimum Gasteiger partial charge on any atom is -0.331 e. The van der Waals surface area contributed by atoms with Gasteiger partial charge in [-0.15, -0.1) is 0 Å². The summed E-state index contributed by atoms with van der Waals surface area (Å²) in [4.78, 5) is 4.33. The lowest BCUT2D eigenvalue weighted by atomic mass is 10.00. The van der Waals surface area contributed by atoms with E-state index in [1.54, 1.807) is 0 Å². The largest absolute Gasteiger partial charge is 0.331 e. The highest BCUT2D eigenvalue weighted by molar-refractivity contribution is 5.14. The van der Waals surface area contributed by atoms with Crippen molar-refractivity contribution in [2.24, 2.45) is 0 Å². The lowest BCUT2D eigenvalue weighted by Crippen LogP contribution is -2.36. The molecule has 3 rings (SSSR count). The van der Waals surface area contributed by atoms with Crippen LogP contribution in [-0.2, 0) is 0 Å². The van der Waals surface area contributed by atoms with Crippen molar-refractivity contribution >= 4 is 0 Å². The Balaban J connectivity index is 1.81. The molecule has 2 aliphatic rings. The molecule has 1 aliphatic carbocycles. The van der Waals surface area contributed by atoms with Crippen LogP contribution in [0.4, 0.5) is 0 Å².